The van der Waals surface area contributed by atoms with Crippen molar-refractivity contribution in [3.8, 4) is 0 Å². The minimum atomic E-state index is -2.00. The van der Waals surface area contributed by atoms with Crippen LogP contribution in [-0.2, 0) is 10.4 Å². The van der Waals surface area contributed by atoms with E-state index in [0.29, 0.717) is 11.1 Å². The Balaban J connectivity index is 0.00000162. The van der Waals surface area contributed by atoms with Gasteiger partial charge in [-0.25, -0.2) is 4.79 Å². The van der Waals surface area contributed by atoms with E-state index in [1.807, 2.05) is 0 Å². The molecule has 0 heterocycles. The van der Waals surface area contributed by atoms with E-state index in [1.165, 1.54) is 0 Å². The normalized spacial score (nSPS) is 10.5. The average Bonchev–Trinajstić information content (AvgIpc) is 2.39. The van der Waals surface area contributed by atoms with Gasteiger partial charge in [0.05, 0.1) is 0 Å². The van der Waals surface area contributed by atoms with Crippen LogP contribution in [0.4, 0.5) is 0 Å². The Kier molecular flexibility index (Phi) is 4.94. The van der Waals surface area contributed by atoms with Gasteiger partial charge in [-0.15, -0.1) is 0 Å². The molecule has 3 nitrogen and oxygen atoms in total. The summed E-state index contributed by atoms with van der Waals surface area (Å²) in [4.78, 5) is 11.4. The molecule has 0 aliphatic carbocycles. The molecule has 2 N–H and O–H groups in total. The number of carboxylic acids is 1. The molecule has 2 rings (SSSR count). The summed E-state index contributed by atoms with van der Waals surface area (Å²) in [5, 5.41) is 19.7. The molecule has 2 aromatic rings. The fraction of sp³-hybridized carbons (Fsp3) is 0.0714. The minimum absolute atomic E-state index is 0. The first-order valence-electron chi connectivity index (χ1n) is 5.22. The van der Waals surface area contributed by atoms with E-state index in [1.54, 1.807) is 60.7 Å². The van der Waals surface area contributed by atoms with E-state index in [-0.39, 0.29) is 24.4 Å². The Morgan fingerprint density at radius 3 is 1.44 bits per heavy atom. The van der Waals surface area contributed by atoms with Crippen LogP contribution in [0.5, 0.6) is 0 Å². The van der Waals surface area contributed by atoms with Crippen LogP contribution in [0.15, 0.2) is 60.7 Å². The number of hydrogen-bond donors (Lipinski definition) is 2. The molecule has 0 radical (unpaired) electrons. The van der Waals surface area contributed by atoms with Crippen LogP contribution in [0.2, 0.25) is 0 Å². The van der Waals surface area contributed by atoms with E-state index >= 15 is 0 Å². The van der Waals surface area contributed by atoms with Gasteiger partial charge in [0.25, 0.3) is 0 Å². The van der Waals surface area contributed by atoms with E-state index in [2.05, 4.69) is 0 Å². The topological polar surface area (TPSA) is 57.5 Å². The maximum atomic E-state index is 11.4. The first-order valence-corrected chi connectivity index (χ1v) is 5.22. The zero-order chi connectivity index (χ0) is 12.3. The van der Waals surface area contributed by atoms with Gasteiger partial charge in [0.15, 0.2) is 0 Å². The van der Waals surface area contributed by atoms with Crippen molar-refractivity contribution in [1.82, 2.24) is 0 Å². The van der Waals surface area contributed by atoms with E-state index in [4.69, 9.17) is 0 Å². The van der Waals surface area contributed by atoms with Crippen molar-refractivity contribution in [3.05, 3.63) is 71.8 Å². The summed E-state index contributed by atoms with van der Waals surface area (Å²) in [6.07, 6.45) is 0. The van der Waals surface area contributed by atoms with Crippen LogP contribution in [0.3, 0.4) is 0 Å². The fourth-order valence-electron chi connectivity index (χ4n) is 1.77. The molecule has 0 aromatic heterocycles. The van der Waals surface area contributed by atoms with Crippen molar-refractivity contribution in [2.24, 2.45) is 0 Å². The van der Waals surface area contributed by atoms with Crippen molar-refractivity contribution in [2.45, 2.75) is 5.60 Å². The van der Waals surface area contributed by atoms with Crippen molar-refractivity contribution in [3.63, 3.8) is 0 Å². The molecule has 0 saturated heterocycles. The van der Waals surface area contributed by atoms with Gasteiger partial charge < -0.3 is 10.2 Å². The molecule has 0 atom stereocenters. The number of hydrogen-bond acceptors (Lipinski definition) is 2. The molecule has 0 saturated carbocycles. The molecule has 2 aromatic carbocycles. The third-order valence-corrected chi connectivity index (χ3v) is 2.69. The first-order chi connectivity index (χ1) is 8.15. The Labute approximate surface area is 123 Å². The molecule has 94 valence electrons. The number of aliphatic hydroxyl groups is 1. The quantitative estimate of drug-likeness (QED) is 0.804. The molecule has 0 unspecified atom stereocenters. The summed E-state index contributed by atoms with van der Waals surface area (Å²) in [6.45, 7) is 0. The van der Waals surface area contributed by atoms with Gasteiger partial charge in [-0.3, -0.25) is 0 Å². The Hall–Kier alpha value is -1.31. The number of rotatable bonds is 3. The second-order valence-electron chi connectivity index (χ2n) is 3.75. The van der Waals surface area contributed by atoms with Crippen molar-refractivity contribution < 1.29 is 15.0 Å². The van der Waals surface area contributed by atoms with E-state index in [0.717, 1.165) is 0 Å². The summed E-state index contributed by atoms with van der Waals surface area (Å²) >= 11 is 0. The van der Waals surface area contributed by atoms with Gasteiger partial charge in [0.1, 0.15) is 0 Å². The summed E-state index contributed by atoms with van der Waals surface area (Å²) in [7, 11) is 0. The van der Waals surface area contributed by atoms with Gasteiger partial charge in [-0.05, 0) is 11.1 Å². The predicted octanol–water partition coefficient (Wildman–Crippen LogP) is 0.823. The second kappa shape index (κ2) is 6.03. The molecule has 0 aliphatic rings. The molecule has 0 amide bonds. The van der Waals surface area contributed by atoms with Gasteiger partial charge in [-0.1, -0.05) is 60.7 Å². The number of carbonyl (C=O) groups is 1. The molecular formula is C14H15O3Sb. The number of carboxylic acid groups (broad SMARTS) is 1. The second-order valence-corrected chi connectivity index (χ2v) is 3.75. The van der Waals surface area contributed by atoms with E-state index < -0.39 is 11.6 Å². The van der Waals surface area contributed by atoms with Gasteiger partial charge in [0, 0.05) is 0 Å². The van der Waals surface area contributed by atoms with Crippen LogP contribution < -0.4 is 0 Å². The maximum absolute atomic E-state index is 11.4. The average molecular weight is 353 g/mol. The van der Waals surface area contributed by atoms with Crippen LogP contribution in [0, 0.1) is 0 Å². The van der Waals surface area contributed by atoms with Crippen molar-refractivity contribution in [2.75, 3.05) is 0 Å². The Morgan fingerprint density at radius 2 is 1.17 bits per heavy atom. The van der Waals surface area contributed by atoms with Gasteiger partial charge >= 0.3 is 30.4 Å². The Morgan fingerprint density at radius 1 is 0.833 bits per heavy atom. The summed E-state index contributed by atoms with van der Waals surface area (Å²) in [6, 6.07) is 16.7. The number of benzene rings is 2. The zero-order valence-electron chi connectivity index (χ0n) is 9.78. The van der Waals surface area contributed by atoms with Crippen LogP contribution in [0.1, 0.15) is 11.1 Å². The van der Waals surface area contributed by atoms with Crippen molar-refractivity contribution >= 4 is 30.4 Å². The SMILES string of the molecule is O=C(O)C(O)(c1ccccc1)c1ccccc1.[SbH3]. The predicted molar refractivity (Wildman–Crippen MR) is 73.5 cm³/mol. The van der Waals surface area contributed by atoms with E-state index in [9.17, 15) is 15.0 Å². The molecule has 0 bridgehead atoms. The molecule has 18 heavy (non-hydrogen) atoms. The zero-order valence-corrected chi connectivity index (χ0v) is 13.8. The third-order valence-electron chi connectivity index (χ3n) is 2.69. The van der Waals surface area contributed by atoms with Crippen LogP contribution in [0.25, 0.3) is 0 Å². The molecule has 4 heteroatoms. The molecular weight excluding hydrogens is 338 g/mol. The standard InChI is InChI=1S/C14H12O3.Sb.3H/c15-13(16)14(17,11-7-3-1-4-8-11)12-9-5-2-6-10-12;;;;/h1-10,17H,(H,15,16);;;;. The van der Waals surface area contributed by atoms with Crippen molar-refractivity contribution in [1.29, 1.82) is 0 Å². The first kappa shape index (κ1) is 14.7. The fourth-order valence-corrected chi connectivity index (χ4v) is 1.77. The molecule has 0 aliphatic heterocycles. The van der Waals surface area contributed by atoms with Gasteiger partial charge in [-0.2, -0.15) is 0 Å². The monoisotopic (exact) mass is 352 g/mol. The molecule has 0 fully saturated rings. The van der Waals surface area contributed by atoms with Crippen LogP contribution >= 0.6 is 0 Å². The summed E-state index contributed by atoms with van der Waals surface area (Å²) < 4.78 is 0. The molecule has 0 spiro atoms. The summed E-state index contributed by atoms with van der Waals surface area (Å²) in [5.41, 5.74) is -1.31. The summed E-state index contributed by atoms with van der Waals surface area (Å²) in [5.74, 6) is -1.28. The van der Waals surface area contributed by atoms with Gasteiger partial charge in [0.2, 0.25) is 5.60 Å². The number of aliphatic carboxylic acids is 1. The third kappa shape index (κ3) is 2.58. The Bertz CT molecular complexity index is 472. The van der Waals surface area contributed by atoms with Crippen LogP contribution in [-0.4, -0.2) is 40.6 Å².